The molecule has 0 saturated carbocycles. The van der Waals surface area contributed by atoms with Crippen molar-refractivity contribution in [1.29, 1.82) is 0 Å². The van der Waals surface area contributed by atoms with E-state index in [2.05, 4.69) is 20.8 Å². The minimum Gasteiger partial charge on any atom is -0.550 e. The Morgan fingerprint density at radius 3 is 0.634 bits per heavy atom. The molecule has 0 unspecified atom stereocenters. The maximum atomic E-state index is 10.4. The quantitative estimate of drug-likeness (QED) is 0.0499. The summed E-state index contributed by atoms with van der Waals surface area (Å²) in [7, 11) is 0. The number of unbranched alkanes of at least 4 members (excludes halogenated alkanes) is 42. The van der Waals surface area contributed by atoms with E-state index in [0.717, 1.165) is 44.1 Å². The van der Waals surface area contributed by atoms with Gasteiger partial charge in [0.2, 0.25) is 0 Å². The summed E-state index contributed by atoms with van der Waals surface area (Å²) in [5, 5.41) is 39.2. The summed E-state index contributed by atoms with van der Waals surface area (Å²) in [6.07, 6.45) is 59.6. The molecule has 1 rings (SSSR count). The van der Waals surface area contributed by atoms with Crippen molar-refractivity contribution in [2.24, 2.45) is 0 Å². The van der Waals surface area contributed by atoms with Crippen LogP contribution in [0.1, 0.15) is 345 Å². The van der Waals surface area contributed by atoms with Crippen molar-refractivity contribution in [3.05, 3.63) is 35.4 Å². The van der Waals surface area contributed by atoms with Gasteiger partial charge in [0.1, 0.15) is 0 Å². The molecular formula is C62H113AlO8. The molecule has 0 saturated heterocycles. The van der Waals surface area contributed by atoms with Gasteiger partial charge in [-0.3, -0.25) is 0 Å². The van der Waals surface area contributed by atoms with E-state index < -0.39 is 23.9 Å². The smallest absolute Gasteiger partial charge is 0.550 e. The Morgan fingerprint density at radius 1 is 0.324 bits per heavy atom. The molecule has 0 aliphatic carbocycles. The number of aryl methyl sites for hydroxylation is 1. The zero-order valence-corrected chi connectivity index (χ0v) is 48.3. The van der Waals surface area contributed by atoms with E-state index in [1.807, 2.05) is 6.07 Å². The van der Waals surface area contributed by atoms with Crippen molar-refractivity contribution < 1.29 is 39.6 Å². The zero-order valence-electron chi connectivity index (χ0n) is 47.1. The number of hydrogen-bond donors (Lipinski definition) is 1. The van der Waals surface area contributed by atoms with Crippen molar-refractivity contribution >= 4 is 41.2 Å². The van der Waals surface area contributed by atoms with Gasteiger partial charge in [-0.05, 0) is 57.1 Å². The normalized spacial score (nSPS) is 10.5. The van der Waals surface area contributed by atoms with E-state index in [1.54, 1.807) is 25.1 Å². The second-order valence-electron chi connectivity index (χ2n) is 20.3. The number of hydrogen-bond acceptors (Lipinski definition) is 7. The van der Waals surface area contributed by atoms with E-state index in [-0.39, 0.29) is 36.6 Å². The van der Waals surface area contributed by atoms with E-state index in [9.17, 15) is 34.5 Å². The minimum absolute atomic E-state index is 0. The van der Waals surface area contributed by atoms with Gasteiger partial charge in [-0.1, -0.05) is 309 Å². The van der Waals surface area contributed by atoms with Crippen molar-refractivity contribution in [3.63, 3.8) is 0 Å². The molecule has 71 heavy (non-hydrogen) atoms. The van der Waals surface area contributed by atoms with Crippen LogP contribution in [-0.4, -0.2) is 46.3 Å². The maximum Gasteiger partial charge on any atom is 3.00 e. The van der Waals surface area contributed by atoms with Gasteiger partial charge in [-0.2, -0.15) is 0 Å². The molecular weight excluding hydrogens is 900 g/mol. The number of carboxylic acid groups (broad SMARTS) is 4. The van der Waals surface area contributed by atoms with Gasteiger partial charge in [-0.15, -0.1) is 0 Å². The first-order valence-corrected chi connectivity index (χ1v) is 29.9. The van der Waals surface area contributed by atoms with E-state index in [0.29, 0.717) is 5.56 Å². The van der Waals surface area contributed by atoms with Crippen LogP contribution < -0.4 is 15.3 Å². The topological polar surface area (TPSA) is 158 Å². The maximum absolute atomic E-state index is 10.4. The van der Waals surface area contributed by atoms with E-state index in [1.165, 1.54) is 250 Å². The first-order valence-electron chi connectivity index (χ1n) is 29.9. The largest absolute Gasteiger partial charge is 3.00 e. The Hall–Kier alpha value is -2.37. The first-order chi connectivity index (χ1) is 34.0. The summed E-state index contributed by atoms with van der Waals surface area (Å²) in [6.45, 7) is 8.58. The van der Waals surface area contributed by atoms with Gasteiger partial charge in [0.05, 0.1) is 5.56 Å². The zero-order chi connectivity index (χ0) is 52.2. The molecule has 0 atom stereocenters. The monoisotopic (exact) mass is 1010 g/mol. The molecule has 9 heteroatoms. The second-order valence-corrected chi connectivity index (χ2v) is 20.3. The summed E-state index contributed by atoms with van der Waals surface area (Å²) in [4.78, 5) is 41.1. The Kier molecular flexibility index (Phi) is 69.5. The third-order valence-corrected chi connectivity index (χ3v) is 13.3. The van der Waals surface area contributed by atoms with Crippen molar-refractivity contribution in [2.75, 3.05) is 0 Å². The first kappa shape index (κ1) is 75.2. The summed E-state index contributed by atoms with van der Waals surface area (Å²) >= 11 is 0. The standard InChI is InChI=1S/3C18H36O2.C8H8O2.Al/c3*1-2-3-4-5-6-7-8-9-10-11-12-13-14-15-16-17-18(19)20;1-6-4-2-3-5-7(6)8(9)10;/h3*2-17H2,1H3,(H,19,20);2-5H,1H3,(H,9,10);/q;;;;+3/p-3. The Bertz CT molecular complexity index is 1140. The van der Waals surface area contributed by atoms with Crippen LogP contribution in [-0.2, 0) is 14.4 Å². The van der Waals surface area contributed by atoms with Crippen LogP contribution in [0.5, 0.6) is 0 Å². The molecule has 0 spiro atoms. The van der Waals surface area contributed by atoms with Crippen LogP contribution in [0.25, 0.3) is 0 Å². The van der Waals surface area contributed by atoms with Gasteiger partial charge in [0, 0.05) is 17.9 Å². The molecule has 0 radical (unpaired) electrons. The summed E-state index contributed by atoms with van der Waals surface area (Å²) in [6, 6.07) is 6.92. The molecule has 0 aliphatic heterocycles. The number of carbonyl (C=O) groups is 4. The summed E-state index contributed by atoms with van der Waals surface area (Å²) < 4.78 is 0. The van der Waals surface area contributed by atoms with Crippen LogP contribution >= 0.6 is 0 Å². The van der Waals surface area contributed by atoms with Crippen molar-refractivity contribution in [1.82, 2.24) is 0 Å². The van der Waals surface area contributed by atoms with Crippen LogP contribution in [0.4, 0.5) is 0 Å². The number of rotatable bonds is 49. The van der Waals surface area contributed by atoms with Gasteiger partial charge in [-0.25, -0.2) is 4.79 Å². The molecule has 1 aromatic rings. The van der Waals surface area contributed by atoms with Gasteiger partial charge in [0.25, 0.3) is 0 Å². The predicted molar refractivity (Wildman–Crippen MR) is 298 cm³/mol. The fourth-order valence-corrected chi connectivity index (χ4v) is 8.73. The Balaban J connectivity index is -0.000000429. The molecule has 1 aromatic carbocycles. The Morgan fingerprint density at radius 2 is 0.493 bits per heavy atom. The molecule has 0 amide bonds. The average molecular weight is 1010 g/mol. The van der Waals surface area contributed by atoms with Gasteiger partial charge >= 0.3 is 23.3 Å². The fourth-order valence-electron chi connectivity index (χ4n) is 8.73. The molecule has 8 nitrogen and oxygen atoms in total. The average Bonchev–Trinajstić information content (AvgIpc) is 3.33. The fraction of sp³-hybridized carbons (Fsp3) is 0.839. The molecule has 0 heterocycles. The van der Waals surface area contributed by atoms with E-state index in [4.69, 9.17) is 5.11 Å². The number of carboxylic acids is 4. The van der Waals surface area contributed by atoms with E-state index >= 15 is 0 Å². The molecule has 1 N–H and O–H groups in total. The van der Waals surface area contributed by atoms with Crippen LogP contribution in [0.3, 0.4) is 0 Å². The molecule has 0 fully saturated rings. The van der Waals surface area contributed by atoms with Crippen molar-refractivity contribution in [2.45, 2.75) is 336 Å². The number of carbonyl (C=O) groups excluding carboxylic acids is 3. The SMILES string of the molecule is CCCCCCCCCCCCCCCCCC(=O)[O-].CCCCCCCCCCCCCCCCCC(=O)[O-].CCCCCCCCCCCCCCCCCC(=O)[O-].Cc1ccccc1C(=O)O.[Al+3]. The molecule has 412 valence electrons. The molecule has 0 aliphatic rings. The molecule has 0 aromatic heterocycles. The van der Waals surface area contributed by atoms with Crippen LogP contribution in [0.2, 0.25) is 0 Å². The van der Waals surface area contributed by atoms with Gasteiger partial charge in [0.15, 0.2) is 0 Å². The second kappa shape index (κ2) is 65.6. The van der Waals surface area contributed by atoms with Crippen molar-refractivity contribution in [3.8, 4) is 0 Å². The minimum atomic E-state index is -0.903. The van der Waals surface area contributed by atoms with Crippen LogP contribution in [0, 0.1) is 6.92 Å². The third-order valence-electron chi connectivity index (χ3n) is 13.3. The van der Waals surface area contributed by atoms with Crippen LogP contribution in [0.15, 0.2) is 24.3 Å². The Labute approximate surface area is 450 Å². The summed E-state index contributed by atoms with van der Waals surface area (Å²) in [5.74, 6) is -3.57. The number of aromatic carboxylic acids is 1. The summed E-state index contributed by atoms with van der Waals surface area (Å²) in [5.41, 5.74) is 1.18. The number of benzene rings is 1. The predicted octanol–water partition coefficient (Wildman–Crippen LogP) is 16.3. The van der Waals surface area contributed by atoms with Gasteiger partial charge < -0.3 is 34.8 Å². The molecule has 0 bridgehead atoms. The number of aliphatic carboxylic acids is 3. The third kappa shape index (κ3) is 72.0.